The van der Waals surface area contributed by atoms with Gasteiger partial charge in [0.2, 0.25) is 0 Å². The molecule has 0 saturated carbocycles. The predicted octanol–water partition coefficient (Wildman–Crippen LogP) is 2.35. The first-order valence-electron chi connectivity index (χ1n) is 7.74. The Hall–Kier alpha value is -3.41. The third kappa shape index (κ3) is 3.74. The minimum Gasteiger partial charge on any atom is -0.506 e. The highest BCUT2D eigenvalue weighted by molar-refractivity contribution is 6.01. The van der Waals surface area contributed by atoms with Crippen molar-refractivity contribution in [2.75, 3.05) is 13.1 Å². The first kappa shape index (κ1) is 16.4. The summed E-state index contributed by atoms with van der Waals surface area (Å²) in [5, 5.41) is 13.1. The smallest absolute Gasteiger partial charge is 0.353 e. The second-order valence-corrected chi connectivity index (χ2v) is 5.31. The number of aromatic hydroxyl groups is 1. The predicted molar refractivity (Wildman–Crippen MR) is 95.4 cm³/mol. The number of nitrogens with one attached hydrogen (secondary N) is 1. The fourth-order valence-corrected chi connectivity index (χ4v) is 2.37. The molecule has 25 heavy (non-hydrogen) atoms. The third-order valence-corrected chi connectivity index (χ3v) is 3.58. The van der Waals surface area contributed by atoms with E-state index >= 15 is 0 Å². The van der Waals surface area contributed by atoms with E-state index in [2.05, 4.69) is 10.3 Å². The van der Waals surface area contributed by atoms with Crippen molar-refractivity contribution in [3.8, 4) is 5.75 Å². The molecule has 0 radical (unpaired) electrons. The van der Waals surface area contributed by atoms with E-state index in [1.54, 1.807) is 30.5 Å². The van der Waals surface area contributed by atoms with Crippen molar-refractivity contribution >= 4 is 23.1 Å². The zero-order valence-electron chi connectivity index (χ0n) is 13.3. The molecule has 0 bridgehead atoms. The number of rotatable bonds is 5. The largest absolute Gasteiger partial charge is 0.506 e. The summed E-state index contributed by atoms with van der Waals surface area (Å²) in [4.78, 5) is 28.3. The molecular weight excluding hydrogens is 320 g/mol. The van der Waals surface area contributed by atoms with Gasteiger partial charge in [0.25, 0.3) is 5.91 Å². The topological polar surface area (TPSA) is 91.9 Å². The van der Waals surface area contributed by atoms with Crippen molar-refractivity contribution in [1.82, 2.24) is 5.32 Å². The molecule has 0 fully saturated rings. The number of benzene rings is 2. The van der Waals surface area contributed by atoms with E-state index in [-0.39, 0.29) is 17.9 Å². The van der Waals surface area contributed by atoms with Crippen LogP contribution in [0.15, 0.2) is 68.8 Å². The maximum absolute atomic E-state index is 12.2. The number of fused-ring (bicyclic) bond motifs is 1. The molecule has 6 nitrogen and oxygen atoms in total. The van der Waals surface area contributed by atoms with Crippen LogP contribution < -0.4 is 10.9 Å². The zero-order valence-corrected chi connectivity index (χ0v) is 13.3. The van der Waals surface area contributed by atoms with E-state index in [0.29, 0.717) is 11.9 Å². The quantitative estimate of drug-likeness (QED) is 0.425. The highest BCUT2D eigenvalue weighted by Gasteiger charge is 2.20. The van der Waals surface area contributed by atoms with Gasteiger partial charge < -0.3 is 14.8 Å². The summed E-state index contributed by atoms with van der Waals surface area (Å²) in [6.45, 7) is 0.578. The molecular formula is C19H16N2O4. The summed E-state index contributed by atoms with van der Waals surface area (Å²) in [6, 6.07) is 16.1. The summed E-state index contributed by atoms with van der Waals surface area (Å²) in [5.41, 5.74) is -0.0807. The van der Waals surface area contributed by atoms with Gasteiger partial charge in [-0.2, -0.15) is 0 Å². The van der Waals surface area contributed by atoms with E-state index in [1.165, 1.54) is 0 Å². The van der Waals surface area contributed by atoms with E-state index in [0.717, 1.165) is 5.56 Å². The molecule has 126 valence electrons. The number of hydrogen-bond acceptors (Lipinski definition) is 5. The van der Waals surface area contributed by atoms with Crippen molar-refractivity contribution in [3.63, 3.8) is 0 Å². The van der Waals surface area contributed by atoms with Gasteiger partial charge in [-0.3, -0.25) is 9.79 Å². The first-order valence-corrected chi connectivity index (χ1v) is 7.74. The molecule has 6 heteroatoms. The van der Waals surface area contributed by atoms with Gasteiger partial charge in [-0.05, 0) is 17.7 Å². The number of carbonyl (C=O) groups excluding carboxylic acids is 1. The Morgan fingerprint density at radius 1 is 1.12 bits per heavy atom. The Labute approximate surface area is 143 Å². The summed E-state index contributed by atoms with van der Waals surface area (Å²) in [6.07, 6.45) is 1.70. The molecule has 0 aliphatic carbocycles. The maximum atomic E-state index is 12.2. The van der Waals surface area contributed by atoms with Gasteiger partial charge in [-0.15, -0.1) is 0 Å². The van der Waals surface area contributed by atoms with Crippen LogP contribution in [0.25, 0.3) is 11.0 Å². The van der Waals surface area contributed by atoms with Crippen LogP contribution in [-0.4, -0.2) is 30.3 Å². The zero-order chi connectivity index (χ0) is 17.6. The average molecular weight is 336 g/mol. The monoisotopic (exact) mass is 336 g/mol. The Morgan fingerprint density at radius 3 is 2.64 bits per heavy atom. The molecule has 0 aliphatic rings. The SMILES string of the molecule is O=C(NCCN=Cc1ccccc1)c1c(O)c2ccccc2oc1=O. The third-order valence-electron chi connectivity index (χ3n) is 3.58. The summed E-state index contributed by atoms with van der Waals surface area (Å²) in [5.74, 6) is -1.07. The minimum atomic E-state index is -0.874. The number of hydrogen-bond donors (Lipinski definition) is 2. The molecule has 3 rings (SSSR count). The Morgan fingerprint density at radius 2 is 1.84 bits per heavy atom. The van der Waals surface area contributed by atoms with Crippen molar-refractivity contribution < 1.29 is 14.3 Å². The fraction of sp³-hybridized carbons (Fsp3) is 0.105. The second-order valence-electron chi connectivity index (χ2n) is 5.31. The van der Waals surface area contributed by atoms with Crippen LogP contribution in [0.4, 0.5) is 0 Å². The van der Waals surface area contributed by atoms with E-state index < -0.39 is 17.1 Å². The first-order chi connectivity index (χ1) is 12.2. The molecule has 0 spiro atoms. The fourth-order valence-electron chi connectivity index (χ4n) is 2.37. The summed E-state index contributed by atoms with van der Waals surface area (Å²) >= 11 is 0. The normalized spacial score (nSPS) is 11.0. The lowest BCUT2D eigenvalue weighted by Crippen LogP contribution is -2.30. The number of amides is 1. The average Bonchev–Trinajstić information content (AvgIpc) is 2.62. The van der Waals surface area contributed by atoms with Crippen molar-refractivity contribution in [3.05, 3.63) is 76.1 Å². The van der Waals surface area contributed by atoms with Crippen LogP contribution in [0.1, 0.15) is 15.9 Å². The number of aliphatic imine (C=N–C) groups is 1. The van der Waals surface area contributed by atoms with E-state index in [4.69, 9.17) is 4.42 Å². The standard InChI is InChI=1S/C19H16N2O4/c22-17-14-8-4-5-9-15(14)25-19(24)16(17)18(23)21-11-10-20-12-13-6-2-1-3-7-13/h1-9,12,22H,10-11H2,(H,21,23). The molecule has 0 atom stereocenters. The van der Waals surface area contributed by atoms with E-state index in [1.807, 2.05) is 30.3 Å². The Bertz CT molecular complexity index is 978. The molecule has 0 unspecified atom stereocenters. The van der Waals surface area contributed by atoms with Gasteiger partial charge in [-0.1, -0.05) is 42.5 Å². The molecule has 0 aliphatic heterocycles. The van der Waals surface area contributed by atoms with Gasteiger partial charge >= 0.3 is 5.63 Å². The maximum Gasteiger partial charge on any atom is 0.353 e. The molecule has 2 aromatic carbocycles. The van der Waals surface area contributed by atoms with Crippen LogP contribution >= 0.6 is 0 Å². The van der Waals surface area contributed by atoms with Crippen molar-refractivity contribution in [1.29, 1.82) is 0 Å². The number of carbonyl (C=O) groups is 1. The van der Waals surface area contributed by atoms with Crippen LogP contribution in [0.5, 0.6) is 5.75 Å². The number of para-hydroxylation sites is 1. The van der Waals surface area contributed by atoms with Crippen molar-refractivity contribution in [2.45, 2.75) is 0 Å². The molecule has 3 aromatic rings. The van der Waals surface area contributed by atoms with Crippen molar-refractivity contribution in [2.24, 2.45) is 4.99 Å². The van der Waals surface area contributed by atoms with Crippen LogP contribution in [0.3, 0.4) is 0 Å². The Balaban J connectivity index is 1.67. The van der Waals surface area contributed by atoms with Crippen LogP contribution in [0, 0.1) is 0 Å². The van der Waals surface area contributed by atoms with Gasteiger partial charge in [0, 0.05) is 12.8 Å². The van der Waals surface area contributed by atoms with Gasteiger partial charge in [0.1, 0.15) is 11.3 Å². The van der Waals surface area contributed by atoms with E-state index in [9.17, 15) is 14.7 Å². The minimum absolute atomic E-state index is 0.230. The molecule has 0 saturated heterocycles. The van der Waals surface area contributed by atoms with Gasteiger partial charge in [0.05, 0.1) is 11.9 Å². The molecule has 1 amide bonds. The lowest BCUT2D eigenvalue weighted by atomic mass is 10.1. The van der Waals surface area contributed by atoms with Gasteiger partial charge in [0.15, 0.2) is 5.56 Å². The molecule has 1 aromatic heterocycles. The van der Waals surface area contributed by atoms with Crippen LogP contribution in [0.2, 0.25) is 0 Å². The highest BCUT2D eigenvalue weighted by Crippen LogP contribution is 2.25. The van der Waals surface area contributed by atoms with Crippen LogP contribution in [-0.2, 0) is 0 Å². The molecule has 1 heterocycles. The lowest BCUT2D eigenvalue weighted by molar-refractivity contribution is 0.0948. The molecule has 2 N–H and O–H groups in total. The highest BCUT2D eigenvalue weighted by atomic mass is 16.4. The second kappa shape index (κ2) is 7.44. The summed E-state index contributed by atoms with van der Waals surface area (Å²) in [7, 11) is 0. The lowest BCUT2D eigenvalue weighted by Gasteiger charge is -2.06. The summed E-state index contributed by atoms with van der Waals surface area (Å²) < 4.78 is 5.07. The van der Waals surface area contributed by atoms with Gasteiger partial charge in [-0.25, -0.2) is 4.79 Å². The number of nitrogens with zero attached hydrogens (tertiary/aromatic N) is 1. The Kier molecular flexibility index (Phi) is 4.89.